The predicted molar refractivity (Wildman–Crippen MR) is 143 cm³/mol. The van der Waals surface area contributed by atoms with Crippen molar-refractivity contribution in [3.05, 3.63) is 102 Å². The maximum Gasteiger partial charge on any atom is 0.265 e. The topological polar surface area (TPSA) is 39.2 Å². The molecule has 0 saturated carbocycles. The van der Waals surface area contributed by atoms with Crippen LogP contribution >= 0.6 is 0 Å². The molecule has 0 radical (unpaired) electrons. The molecule has 1 unspecified atom stereocenters. The Morgan fingerprint density at radius 3 is 1.92 bits per heavy atom. The lowest BCUT2D eigenvalue weighted by atomic mass is 9.82. The molecule has 1 saturated heterocycles. The third-order valence-corrected chi connectivity index (χ3v) is 7.63. The van der Waals surface area contributed by atoms with Gasteiger partial charge in [-0.2, -0.15) is 0 Å². The van der Waals surface area contributed by atoms with E-state index in [2.05, 4.69) is 41.0 Å². The zero-order valence-corrected chi connectivity index (χ0v) is 21.3. The minimum absolute atomic E-state index is 0.190. The molecule has 1 fully saturated rings. The van der Waals surface area contributed by atoms with Crippen LogP contribution in [-0.4, -0.2) is 60.3 Å². The molecule has 5 nitrogen and oxygen atoms in total. The molecule has 192 valence electrons. The highest BCUT2D eigenvalue weighted by Gasteiger charge is 2.50. The summed E-state index contributed by atoms with van der Waals surface area (Å²) < 4.78 is 27.4. The number of rotatable bonds is 7. The molecule has 7 heteroatoms. The fraction of sp³-hybridized carbons (Fsp3) is 0.333. The van der Waals surface area contributed by atoms with E-state index in [0.717, 1.165) is 32.6 Å². The number of hydrogen-bond acceptors (Lipinski definition) is 4. The fourth-order valence-corrected chi connectivity index (χ4v) is 5.44. The number of carbonyl (C=O) groups excluding carboxylic acids is 1. The summed E-state index contributed by atoms with van der Waals surface area (Å²) in [6.07, 6.45) is 0.798. The average Bonchev–Trinajstić information content (AvgIpc) is 3.18. The van der Waals surface area contributed by atoms with Gasteiger partial charge >= 0.3 is 0 Å². The number of nitrogens with zero attached hydrogens (tertiary/aromatic N) is 4. The van der Waals surface area contributed by atoms with Gasteiger partial charge in [-0.15, -0.1) is 0 Å². The van der Waals surface area contributed by atoms with Gasteiger partial charge in [-0.1, -0.05) is 42.5 Å². The van der Waals surface area contributed by atoms with Gasteiger partial charge in [0.1, 0.15) is 17.5 Å². The number of anilines is 1. The minimum Gasteiger partial charge on any atom is -0.369 e. The number of hydrogen-bond donors (Lipinski definition) is 0. The van der Waals surface area contributed by atoms with Crippen LogP contribution in [0.25, 0.3) is 0 Å². The smallest absolute Gasteiger partial charge is 0.265 e. The van der Waals surface area contributed by atoms with Gasteiger partial charge in [-0.25, -0.2) is 13.8 Å². The SMILES string of the molecule is CC1=NC(c2ccc(F)cc2)(c2ccc(F)cc2)C(=O)N1CCC(C)N1CCN(c2ccccc2)CC1. The Kier molecular flexibility index (Phi) is 7.07. The van der Waals surface area contributed by atoms with Gasteiger partial charge in [0, 0.05) is 44.5 Å². The number of halogens is 2. The molecule has 0 aromatic heterocycles. The Hall–Kier alpha value is -3.58. The van der Waals surface area contributed by atoms with E-state index in [-0.39, 0.29) is 17.5 Å². The first-order valence-electron chi connectivity index (χ1n) is 12.8. The number of piperazine rings is 1. The Balaban J connectivity index is 1.29. The van der Waals surface area contributed by atoms with Crippen LogP contribution < -0.4 is 4.90 Å². The quantitative estimate of drug-likeness (QED) is 0.453. The second-order valence-electron chi connectivity index (χ2n) is 9.84. The van der Waals surface area contributed by atoms with Crippen LogP contribution in [0.1, 0.15) is 31.4 Å². The van der Waals surface area contributed by atoms with Crippen molar-refractivity contribution in [2.24, 2.45) is 4.99 Å². The molecule has 2 heterocycles. The summed E-state index contributed by atoms with van der Waals surface area (Å²) in [4.78, 5) is 25.4. The van der Waals surface area contributed by atoms with Crippen LogP contribution in [0.15, 0.2) is 83.9 Å². The third-order valence-electron chi connectivity index (χ3n) is 7.63. The van der Waals surface area contributed by atoms with E-state index in [1.54, 1.807) is 29.2 Å². The first kappa shape index (κ1) is 25.1. The summed E-state index contributed by atoms with van der Waals surface area (Å²) >= 11 is 0. The highest BCUT2D eigenvalue weighted by molar-refractivity contribution is 6.09. The van der Waals surface area contributed by atoms with E-state index in [1.165, 1.54) is 30.0 Å². The van der Waals surface area contributed by atoms with Gasteiger partial charge in [0.15, 0.2) is 5.54 Å². The highest BCUT2D eigenvalue weighted by atomic mass is 19.1. The van der Waals surface area contributed by atoms with Crippen LogP contribution in [0.3, 0.4) is 0 Å². The normalized spacial score (nSPS) is 18.7. The summed E-state index contributed by atoms with van der Waals surface area (Å²) in [5.41, 5.74) is 1.04. The number of aliphatic imine (C=N–C) groups is 1. The summed E-state index contributed by atoms with van der Waals surface area (Å²) in [6, 6.07) is 22.4. The molecular formula is C30H32F2N4O. The minimum atomic E-state index is -1.35. The lowest BCUT2D eigenvalue weighted by Gasteiger charge is -2.39. The van der Waals surface area contributed by atoms with E-state index in [1.807, 2.05) is 13.0 Å². The second kappa shape index (κ2) is 10.4. The molecular weight excluding hydrogens is 470 g/mol. The van der Waals surface area contributed by atoms with Gasteiger partial charge in [0.25, 0.3) is 5.91 Å². The maximum atomic E-state index is 14.0. The van der Waals surface area contributed by atoms with Crippen molar-refractivity contribution >= 4 is 17.4 Å². The van der Waals surface area contributed by atoms with Crippen LogP contribution in [0.5, 0.6) is 0 Å². The number of para-hydroxylation sites is 1. The number of amides is 1. The summed E-state index contributed by atoms with van der Waals surface area (Å²) in [7, 11) is 0. The molecule has 3 aromatic carbocycles. The second-order valence-corrected chi connectivity index (χ2v) is 9.84. The summed E-state index contributed by atoms with van der Waals surface area (Å²) in [5.74, 6) is -0.353. The Labute approximate surface area is 217 Å². The molecule has 1 amide bonds. The van der Waals surface area contributed by atoms with E-state index in [9.17, 15) is 13.6 Å². The van der Waals surface area contributed by atoms with Crippen molar-refractivity contribution in [2.45, 2.75) is 31.8 Å². The van der Waals surface area contributed by atoms with E-state index in [4.69, 9.17) is 4.99 Å². The van der Waals surface area contributed by atoms with Crippen molar-refractivity contribution in [3.8, 4) is 0 Å². The van der Waals surface area contributed by atoms with Crippen LogP contribution in [-0.2, 0) is 10.3 Å². The van der Waals surface area contributed by atoms with Crippen molar-refractivity contribution in [1.29, 1.82) is 0 Å². The number of carbonyl (C=O) groups is 1. The largest absolute Gasteiger partial charge is 0.369 e. The first-order valence-corrected chi connectivity index (χ1v) is 12.8. The molecule has 3 aromatic rings. The maximum absolute atomic E-state index is 14.0. The van der Waals surface area contributed by atoms with Gasteiger partial charge in [0.2, 0.25) is 0 Å². The van der Waals surface area contributed by atoms with Crippen molar-refractivity contribution in [1.82, 2.24) is 9.80 Å². The lowest BCUT2D eigenvalue weighted by Crippen LogP contribution is -2.50. The Bertz CT molecular complexity index is 1210. The lowest BCUT2D eigenvalue weighted by molar-refractivity contribution is -0.130. The van der Waals surface area contributed by atoms with Crippen molar-refractivity contribution in [2.75, 3.05) is 37.6 Å². The van der Waals surface area contributed by atoms with Crippen LogP contribution in [0, 0.1) is 11.6 Å². The molecule has 2 aliphatic heterocycles. The molecule has 5 rings (SSSR count). The van der Waals surface area contributed by atoms with Crippen molar-refractivity contribution < 1.29 is 13.6 Å². The van der Waals surface area contributed by atoms with Gasteiger partial charge in [-0.05, 0) is 67.8 Å². The zero-order chi connectivity index (χ0) is 26.0. The average molecular weight is 503 g/mol. The van der Waals surface area contributed by atoms with E-state index in [0.29, 0.717) is 29.5 Å². The van der Waals surface area contributed by atoms with E-state index < -0.39 is 5.54 Å². The third kappa shape index (κ3) is 4.88. The zero-order valence-electron chi connectivity index (χ0n) is 21.3. The highest BCUT2D eigenvalue weighted by Crippen LogP contribution is 2.40. The molecule has 0 spiro atoms. The Morgan fingerprint density at radius 2 is 1.38 bits per heavy atom. The monoisotopic (exact) mass is 502 g/mol. The van der Waals surface area contributed by atoms with Crippen LogP contribution in [0.2, 0.25) is 0 Å². The molecule has 37 heavy (non-hydrogen) atoms. The summed E-state index contributed by atoms with van der Waals surface area (Å²) in [6.45, 7) is 8.43. The van der Waals surface area contributed by atoms with Gasteiger partial charge < -0.3 is 4.90 Å². The standard InChI is InChI=1S/C30H32F2N4O/c1-22(34-18-20-35(21-19-34)28-6-4-3-5-7-28)16-17-36-23(2)33-30(29(36)37,24-8-12-26(31)13-9-24)25-10-14-27(32)15-11-25/h3-15,22H,16-21H2,1-2H3. The first-order chi connectivity index (χ1) is 17.9. The van der Waals surface area contributed by atoms with Crippen LogP contribution in [0.4, 0.5) is 14.5 Å². The fourth-order valence-electron chi connectivity index (χ4n) is 5.44. The molecule has 1 atom stereocenters. The molecule has 2 aliphatic rings. The predicted octanol–water partition coefficient (Wildman–Crippen LogP) is 5.07. The Morgan fingerprint density at radius 1 is 0.838 bits per heavy atom. The van der Waals surface area contributed by atoms with Crippen molar-refractivity contribution in [3.63, 3.8) is 0 Å². The number of benzene rings is 3. The molecule has 0 N–H and O–H groups in total. The number of amidine groups is 1. The van der Waals surface area contributed by atoms with E-state index >= 15 is 0 Å². The van der Waals surface area contributed by atoms with Gasteiger partial charge in [0.05, 0.1) is 0 Å². The molecule has 0 bridgehead atoms. The van der Waals surface area contributed by atoms with Gasteiger partial charge in [-0.3, -0.25) is 14.6 Å². The summed E-state index contributed by atoms with van der Waals surface area (Å²) in [5, 5.41) is 0. The molecule has 0 aliphatic carbocycles.